The lowest BCUT2D eigenvalue weighted by Crippen LogP contribution is -2.38. The summed E-state index contributed by atoms with van der Waals surface area (Å²) in [4.78, 5) is 4.84. The van der Waals surface area contributed by atoms with E-state index in [1.54, 1.807) is 7.11 Å². The van der Waals surface area contributed by atoms with Gasteiger partial charge in [-0.2, -0.15) is 11.8 Å². The van der Waals surface area contributed by atoms with Gasteiger partial charge in [-0.15, -0.1) is 24.0 Å². The lowest BCUT2D eigenvalue weighted by molar-refractivity contribution is 0.0794. The molecule has 0 radical (unpaired) electrons. The van der Waals surface area contributed by atoms with Crippen LogP contribution >= 0.6 is 35.7 Å². The molecule has 0 amide bonds. The van der Waals surface area contributed by atoms with Gasteiger partial charge in [0.1, 0.15) is 0 Å². The molecule has 0 aliphatic carbocycles. The Morgan fingerprint density at radius 1 is 1.26 bits per heavy atom. The number of rotatable bonds is 8. The molecule has 0 spiro atoms. The fourth-order valence-electron chi connectivity index (χ4n) is 2.86. The number of guanidine groups is 1. The molecule has 0 saturated carbocycles. The van der Waals surface area contributed by atoms with E-state index < -0.39 is 0 Å². The number of nitrogens with one attached hydrogen (secondary N) is 2. The Bertz CT molecular complexity index is 596. The minimum Gasteiger partial charge on any atom is -0.493 e. The fraction of sp³-hybridized carbons (Fsp3) is 0.632. The molecular weight excluding hydrogens is 477 g/mol. The van der Waals surface area contributed by atoms with E-state index in [2.05, 4.69) is 23.8 Å². The summed E-state index contributed by atoms with van der Waals surface area (Å²) in [7, 11) is 1.65. The van der Waals surface area contributed by atoms with E-state index in [9.17, 15) is 0 Å². The van der Waals surface area contributed by atoms with E-state index in [1.807, 2.05) is 36.9 Å². The highest BCUT2D eigenvalue weighted by Gasteiger charge is 2.31. The second-order valence-corrected chi connectivity index (χ2v) is 7.39. The number of thioether (sulfide) groups is 1. The smallest absolute Gasteiger partial charge is 0.195 e. The van der Waals surface area contributed by atoms with Crippen molar-refractivity contribution in [2.45, 2.75) is 31.4 Å². The number of ether oxygens (including phenoxy) is 3. The summed E-state index contributed by atoms with van der Waals surface area (Å²) in [5.74, 6) is 2.22. The topological polar surface area (TPSA) is 64.1 Å². The van der Waals surface area contributed by atoms with Crippen LogP contribution in [0, 0.1) is 0 Å². The molecule has 8 heteroatoms. The quantitative estimate of drug-likeness (QED) is 0.314. The third-order valence-corrected chi connectivity index (χ3v) is 5.84. The zero-order valence-corrected chi connectivity index (χ0v) is 19.8. The number of benzene rings is 1. The van der Waals surface area contributed by atoms with Crippen LogP contribution in [0.25, 0.3) is 0 Å². The maximum absolute atomic E-state index is 5.58. The number of nitrogens with zero attached hydrogens (tertiary/aromatic N) is 1. The molecule has 1 heterocycles. The van der Waals surface area contributed by atoms with E-state index in [-0.39, 0.29) is 28.7 Å². The van der Waals surface area contributed by atoms with Crippen LogP contribution in [0.4, 0.5) is 5.69 Å². The number of halogens is 1. The molecule has 27 heavy (non-hydrogen) atoms. The Balaban J connectivity index is 0.00000364. The molecule has 1 saturated heterocycles. The predicted octanol–water partition coefficient (Wildman–Crippen LogP) is 4.00. The van der Waals surface area contributed by atoms with Crippen molar-refractivity contribution in [3.8, 4) is 11.5 Å². The highest BCUT2D eigenvalue weighted by molar-refractivity contribution is 14.0. The monoisotopic (exact) mass is 509 g/mol. The third-order valence-electron chi connectivity index (χ3n) is 4.43. The Kier molecular flexibility index (Phi) is 11.2. The lowest BCUT2D eigenvalue weighted by atomic mass is 9.99. The summed E-state index contributed by atoms with van der Waals surface area (Å²) in [6, 6.07) is 5.81. The van der Waals surface area contributed by atoms with Crippen molar-refractivity contribution in [2.75, 3.05) is 51.6 Å². The van der Waals surface area contributed by atoms with E-state index in [0.717, 1.165) is 56.5 Å². The molecule has 0 bridgehead atoms. The lowest BCUT2D eigenvalue weighted by Gasteiger charge is -2.34. The van der Waals surface area contributed by atoms with Gasteiger partial charge in [0.15, 0.2) is 17.5 Å². The maximum atomic E-state index is 5.58. The Labute approximate surface area is 184 Å². The van der Waals surface area contributed by atoms with Crippen LogP contribution < -0.4 is 20.1 Å². The first-order valence-corrected chi connectivity index (χ1v) is 10.4. The molecule has 154 valence electrons. The average Bonchev–Trinajstić information content (AvgIpc) is 2.68. The molecule has 0 unspecified atom stereocenters. The van der Waals surface area contributed by atoms with Gasteiger partial charge in [-0.1, -0.05) is 0 Å². The number of hydrogen-bond donors (Lipinski definition) is 2. The minimum absolute atomic E-state index is 0. The van der Waals surface area contributed by atoms with Gasteiger partial charge in [0.25, 0.3) is 0 Å². The molecular formula is C19H32IN3O3S. The van der Waals surface area contributed by atoms with Gasteiger partial charge in [-0.3, -0.25) is 4.99 Å². The Morgan fingerprint density at radius 3 is 2.59 bits per heavy atom. The van der Waals surface area contributed by atoms with E-state index in [1.165, 1.54) is 0 Å². The van der Waals surface area contributed by atoms with Crippen LogP contribution in [-0.2, 0) is 4.74 Å². The molecule has 2 rings (SSSR count). The molecule has 1 aromatic rings. The van der Waals surface area contributed by atoms with Crippen LogP contribution in [0.3, 0.4) is 0 Å². The highest BCUT2D eigenvalue weighted by atomic mass is 127. The summed E-state index contributed by atoms with van der Waals surface area (Å²) in [6.07, 6.45) is 4.24. The van der Waals surface area contributed by atoms with E-state index in [0.29, 0.717) is 12.4 Å². The van der Waals surface area contributed by atoms with Crippen molar-refractivity contribution >= 4 is 47.4 Å². The van der Waals surface area contributed by atoms with Crippen molar-refractivity contribution in [3.63, 3.8) is 0 Å². The first-order chi connectivity index (χ1) is 12.7. The number of anilines is 1. The summed E-state index contributed by atoms with van der Waals surface area (Å²) in [6.45, 7) is 7.82. The van der Waals surface area contributed by atoms with Crippen LogP contribution in [0.15, 0.2) is 23.2 Å². The molecule has 0 atom stereocenters. The molecule has 1 aromatic carbocycles. The maximum Gasteiger partial charge on any atom is 0.195 e. The number of methoxy groups -OCH3 is 1. The highest BCUT2D eigenvalue weighted by Crippen LogP contribution is 2.34. The van der Waals surface area contributed by atoms with Crippen LogP contribution in [-0.4, -0.2) is 57.0 Å². The summed E-state index contributed by atoms with van der Waals surface area (Å²) in [5, 5.41) is 6.68. The van der Waals surface area contributed by atoms with Crippen molar-refractivity contribution in [3.05, 3.63) is 18.2 Å². The zero-order chi connectivity index (χ0) is 18.8. The van der Waals surface area contributed by atoms with Gasteiger partial charge >= 0.3 is 0 Å². The van der Waals surface area contributed by atoms with Crippen molar-refractivity contribution in [2.24, 2.45) is 4.99 Å². The number of aliphatic imine (C=N–C) groups is 1. The van der Waals surface area contributed by atoms with Crippen molar-refractivity contribution < 1.29 is 14.2 Å². The first-order valence-electron chi connectivity index (χ1n) is 9.15. The van der Waals surface area contributed by atoms with E-state index in [4.69, 9.17) is 19.2 Å². The van der Waals surface area contributed by atoms with Gasteiger partial charge in [0.2, 0.25) is 0 Å². The molecule has 6 nitrogen and oxygen atoms in total. The number of hydrogen-bond acceptors (Lipinski definition) is 5. The van der Waals surface area contributed by atoms with Gasteiger partial charge in [0.05, 0.1) is 20.3 Å². The summed E-state index contributed by atoms with van der Waals surface area (Å²) < 4.78 is 16.7. The minimum atomic E-state index is 0. The Morgan fingerprint density at radius 2 is 2.00 bits per heavy atom. The van der Waals surface area contributed by atoms with Gasteiger partial charge < -0.3 is 24.8 Å². The largest absolute Gasteiger partial charge is 0.493 e. The normalized spacial score (nSPS) is 16.2. The van der Waals surface area contributed by atoms with Crippen molar-refractivity contribution in [1.82, 2.24) is 5.32 Å². The van der Waals surface area contributed by atoms with Crippen molar-refractivity contribution in [1.29, 1.82) is 0 Å². The predicted molar refractivity (Wildman–Crippen MR) is 125 cm³/mol. The fourth-order valence-corrected chi connectivity index (χ4v) is 3.63. The first kappa shape index (κ1) is 24.2. The van der Waals surface area contributed by atoms with Crippen LogP contribution in [0.5, 0.6) is 11.5 Å². The Hall–Kier alpha value is -0.870. The second kappa shape index (κ2) is 12.6. The zero-order valence-electron chi connectivity index (χ0n) is 16.7. The standard InChI is InChI=1S/C19H31N3O3S.HI/c1-5-20-18(21-14-19(26-4)9-11-24-12-10-19)22-15-7-8-16(25-6-2)17(13-15)23-3;/h7-8,13H,5-6,9-12,14H2,1-4H3,(H2,20,21,22);1H. The van der Waals surface area contributed by atoms with Gasteiger partial charge in [-0.25, -0.2) is 0 Å². The van der Waals surface area contributed by atoms with Crippen LogP contribution in [0.1, 0.15) is 26.7 Å². The van der Waals surface area contributed by atoms with Gasteiger partial charge in [0, 0.05) is 36.3 Å². The third kappa shape index (κ3) is 7.23. The molecule has 0 aromatic heterocycles. The summed E-state index contributed by atoms with van der Waals surface area (Å²) in [5.41, 5.74) is 0.912. The molecule has 1 fully saturated rings. The SMILES string of the molecule is CCNC(=NCC1(SC)CCOCC1)Nc1ccc(OCC)c(OC)c1.I. The van der Waals surface area contributed by atoms with E-state index >= 15 is 0 Å². The summed E-state index contributed by atoms with van der Waals surface area (Å²) >= 11 is 1.89. The van der Waals surface area contributed by atoms with Crippen LogP contribution in [0.2, 0.25) is 0 Å². The molecule has 1 aliphatic rings. The molecule has 1 aliphatic heterocycles. The van der Waals surface area contributed by atoms with Gasteiger partial charge in [-0.05, 0) is 45.1 Å². The molecule has 2 N–H and O–H groups in total. The second-order valence-electron chi connectivity index (χ2n) is 6.12. The average molecular weight is 509 g/mol.